The van der Waals surface area contributed by atoms with E-state index in [9.17, 15) is 14.7 Å². The van der Waals surface area contributed by atoms with Crippen molar-refractivity contribution in [1.29, 1.82) is 0 Å². The van der Waals surface area contributed by atoms with Gasteiger partial charge in [-0.2, -0.15) is 0 Å². The molecule has 4 heteroatoms. The quantitative estimate of drug-likeness (QED) is 0.854. The van der Waals surface area contributed by atoms with E-state index in [2.05, 4.69) is 0 Å². The van der Waals surface area contributed by atoms with Crippen molar-refractivity contribution >= 4 is 22.3 Å². The SMILES string of the molecule is C/C=C(\C)c1cc(C(C)=O)c2oc(C)c(O)c(=O)c2c1C. The Hall–Kier alpha value is -2.36. The van der Waals surface area contributed by atoms with Gasteiger partial charge in [0.25, 0.3) is 0 Å². The Kier molecular flexibility index (Phi) is 3.73. The third-order valence-electron chi connectivity index (χ3n) is 3.81. The smallest absolute Gasteiger partial charge is 0.234 e. The lowest BCUT2D eigenvalue weighted by Gasteiger charge is -2.13. The number of ketones is 1. The maximum atomic E-state index is 12.4. The summed E-state index contributed by atoms with van der Waals surface area (Å²) in [7, 11) is 0. The number of hydrogen-bond acceptors (Lipinski definition) is 4. The monoisotopic (exact) mass is 286 g/mol. The van der Waals surface area contributed by atoms with Crippen LogP contribution >= 0.6 is 0 Å². The van der Waals surface area contributed by atoms with Crippen molar-refractivity contribution in [2.24, 2.45) is 0 Å². The zero-order chi connectivity index (χ0) is 15.9. The van der Waals surface area contributed by atoms with Crippen molar-refractivity contribution in [3.05, 3.63) is 44.8 Å². The van der Waals surface area contributed by atoms with Gasteiger partial charge in [-0.05, 0) is 57.4 Å². The highest BCUT2D eigenvalue weighted by atomic mass is 16.4. The molecule has 0 radical (unpaired) electrons. The first kappa shape index (κ1) is 15.0. The number of allylic oxidation sites excluding steroid dienone is 2. The second-order valence-corrected chi connectivity index (χ2v) is 5.16. The van der Waals surface area contributed by atoms with Crippen LogP contribution in [0.4, 0.5) is 0 Å². The van der Waals surface area contributed by atoms with Gasteiger partial charge < -0.3 is 9.52 Å². The first-order chi connectivity index (χ1) is 9.79. The van der Waals surface area contributed by atoms with Crippen LogP contribution in [0, 0.1) is 13.8 Å². The molecule has 0 saturated carbocycles. The number of aromatic hydroxyl groups is 1. The van der Waals surface area contributed by atoms with E-state index in [0.717, 1.165) is 11.1 Å². The number of aryl methyl sites for hydroxylation is 2. The molecule has 1 heterocycles. The fraction of sp³-hybridized carbons (Fsp3) is 0.294. The lowest BCUT2D eigenvalue weighted by atomic mass is 9.93. The first-order valence-corrected chi connectivity index (χ1v) is 6.73. The number of benzene rings is 1. The van der Waals surface area contributed by atoms with Gasteiger partial charge in [-0.1, -0.05) is 6.08 Å². The summed E-state index contributed by atoms with van der Waals surface area (Å²) < 4.78 is 5.52. The van der Waals surface area contributed by atoms with Crippen LogP contribution in [-0.4, -0.2) is 10.9 Å². The van der Waals surface area contributed by atoms with E-state index in [4.69, 9.17) is 4.42 Å². The second-order valence-electron chi connectivity index (χ2n) is 5.16. The zero-order valence-electron chi connectivity index (χ0n) is 12.8. The minimum absolute atomic E-state index is 0.116. The molecule has 0 spiro atoms. The number of carbonyl (C=O) groups excluding carboxylic acids is 1. The van der Waals surface area contributed by atoms with Crippen molar-refractivity contribution in [3.63, 3.8) is 0 Å². The summed E-state index contributed by atoms with van der Waals surface area (Å²) in [6.45, 7) is 8.52. The van der Waals surface area contributed by atoms with Gasteiger partial charge in [-0.25, -0.2) is 0 Å². The Labute approximate surface area is 122 Å². The summed E-state index contributed by atoms with van der Waals surface area (Å²) >= 11 is 0. The summed E-state index contributed by atoms with van der Waals surface area (Å²) in [5, 5.41) is 10.1. The normalized spacial score (nSPS) is 12.0. The van der Waals surface area contributed by atoms with Crippen LogP contribution in [0.15, 0.2) is 21.4 Å². The third-order valence-corrected chi connectivity index (χ3v) is 3.81. The Bertz CT molecular complexity index is 838. The molecular formula is C17H18O4. The highest BCUT2D eigenvalue weighted by Crippen LogP contribution is 2.31. The molecule has 21 heavy (non-hydrogen) atoms. The van der Waals surface area contributed by atoms with E-state index >= 15 is 0 Å². The molecule has 2 aromatic rings. The Balaban J connectivity index is 3.13. The highest BCUT2D eigenvalue weighted by molar-refractivity contribution is 6.07. The fourth-order valence-corrected chi connectivity index (χ4v) is 2.44. The fourth-order valence-electron chi connectivity index (χ4n) is 2.44. The summed E-state index contributed by atoms with van der Waals surface area (Å²) in [4.78, 5) is 24.3. The molecule has 0 aliphatic heterocycles. The summed E-state index contributed by atoms with van der Waals surface area (Å²) in [5.74, 6) is -0.473. The summed E-state index contributed by atoms with van der Waals surface area (Å²) in [5.41, 5.74) is 2.57. The number of rotatable bonds is 2. The Morgan fingerprint density at radius 3 is 2.38 bits per heavy atom. The standard InChI is InChI=1S/C17H18O4/c1-6-8(2)12-7-13(10(4)18)17-14(9(12)3)16(20)15(19)11(5)21-17/h6-7,19H,1-5H3/b8-6+. The van der Waals surface area contributed by atoms with E-state index in [1.807, 2.05) is 19.9 Å². The number of fused-ring (bicyclic) bond motifs is 1. The van der Waals surface area contributed by atoms with Crippen LogP contribution < -0.4 is 5.43 Å². The molecule has 2 rings (SSSR count). The van der Waals surface area contributed by atoms with E-state index in [0.29, 0.717) is 11.1 Å². The average Bonchev–Trinajstić information content (AvgIpc) is 2.43. The van der Waals surface area contributed by atoms with Crippen molar-refractivity contribution in [1.82, 2.24) is 0 Å². The van der Waals surface area contributed by atoms with Crippen LogP contribution in [0.5, 0.6) is 5.75 Å². The van der Waals surface area contributed by atoms with Gasteiger partial charge in [-0.15, -0.1) is 0 Å². The Morgan fingerprint density at radius 2 is 1.86 bits per heavy atom. The highest BCUT2D eigenvalue weighted by Gasteiger charge is 2.20. The lowest BCUT2D eigenvalue weighted by Crippen LogP contribution is -2.09. The van der Waals surface area contributed by atoms with Gasteiger partial charge in [0.2, 0.25) is 11.2 Å². The minimum Gasteiger partial charge on any atom is -0.502 e. The molecule has 0 amide bonds. The maximum Gasteiger partial charge on any atom is 0.234 e. The van der Waals surface area contributed by atoms with E-state index in [1.54, 1.807) is 13.0 Å². The van der Waals surface area contributed by atoms with Gasteiger partial charge in [0.05, 0.1) is 10.9 Å². The first-order valence-electron chi connectivity index (χ1n) is 6.73. The largest absolute Gasteiger partial charge is 0.502 e. The predicted molar refractivity (Wildman–Crippen MR) is 83.0 cm³/mol. The number of carbonyl (C=O) groups is 1. The number of hydrogen-bond donors (Lipinski definition) is 1. The molecule has 1 N–H and O–H groups in total. The van der Waals surface area contributed by atoms with Crippen molar-refractivity contribution in [3.8, 4) is 5.75 Å². The third kappa shape index (κ3) is 2.27. The lowest BCUT2D eigenvalue weighted by molar-refractivity contribution is 0.101. The molecule has 0 aliphatic rings. The van der Waals surface area contributed by atoms with E-state index in [1.165, 1.54) is 13.8 Å². The van der Waals surface area contributed by atoms with Crippen molar-refractivity contribution in [2.75, 3.05) is 0 Å². The van der Waals surface area contributed by atoms with Gasteiger partial charge in [-0.3, -0.25) is 9.59 Å². The van der Waals surface area contributed by atoms with E-state index in [-0.39, 0.29) is 22.5 Å². The zero-order valence-corrected chi connectivity index (χ0v) is 12.8. The maximum absolute atomic E-state index is 12.4. The molecule has 1 aromatic carbocycles. The van der Waals surface area contributed by atoms with Gasteiger partial charge in [0.15, 0.2) is 5.78 Å². The van der Waals surface area contributed by atoms with Gasteiger partial charge >= 0.3 is 0 Å². The van der Waals surface area contributed by atoms with Gasteiger partial charge in [0.1, 0.15) is 11.3 Å². The van der Waals surface area contributed by atoms with Gasteiger partial charge in [0, 0.05) is 0 Å². The van der Waals surface area contributed by atoms with Crippen LogP contribution in [0.3, 0.4) is 0 Å². The predicted octanol–water partition coefficient (Wildman–Crippen LogP) is 3.74. The molecule has 0 saturated heterocycles. The van der Waals surface area contributed by atoms with Crippen LogP contribution in [0.2, 0.25) is 0 Å². The molecule has 0 aliphatic carbocycles. The molecule has 0 fully saturated rings. The topological polar surface area (TPSA) is 67.5 Å². The van der Waals surface area contributed by atoms with Crippen LogP contribution in [-0.2, 0) is 0 Å². The number of Topliss-reactive ketones (excluding diaryl/α,β-unsaturated/α-hetero) is 1. The molecule has 0 atom stereocenters. The summed E-state index contributed by atoms with van der Waals surface area (Å²) in [6.07, 6.45) is 1.91. The van der Waals surface area contributed by atoms with Crippen LogP contribution in [0.25, 0.3) is 16.5 Å². The molecule has 0 bridgehead atoms. The molecule has 110 valence electrons. The van der Waals surface area contributed by atoms with Crippen LogP contribution in [0.1, 0.15) is 48.0 Å². The van der Waals surface area contributed by atoms with Crippen molar-refractivity contribution < 1.29 is 14.3 Å². The Morgan fingerprint density at radius 1 is 1.24 bits per heavy atom. The second kappa shape index (κ2) is 5.20. The summed E-state index contributed by atoms with van der Waals surface area (Å²) in [6, 6.07) is 1.74. The average molecular weight is 286 g/mol. The van der Waals surface area contributed by atoms with Crippen molar-refractivity contribution in [2.45, 2.75) is 34.6 Å². The van der Waals surface area contributed by atoms with E-state index < -0.39 is 11.2 Å². The molecule has 0 unspecified atom stereocenters. The molecular weight excluding hydrogens is 268 g/mol. The molecule has 1 aromatic heterocycles. The molecule has 4 nitrogen and oxygen atoms in total. The minimum atomic E-state index is -0.500.